The first-order valence-electron chi connectivity index (χ1n) is 9.13. The summed E-state index contributed by atoms with van der Waals surface area (Å²) < 4.78 is 2.29. The predicted molar refractivity (Wildman–Crippen MR) is 114 cm³/mol. The maximum atomic E-state index is 12.7. The van der Waals surface area contributed by atoms with Crippen molar-refractivity contribution in [2.45, 2.75) is 13.1 Å². The number of benzene rings is 2. The Hall–Kier alpha value is -3.85. The van der Waals surface area contributed by atoms with Gasteiger partial charge in [0, 0.05) is 17.8 Å². The third-order valence-corrected chi connectivity index (χ3v) is 5.22. The zero-order chi connectivity index (χ0) is 20.9. The quantitative estimate of drug-likeness (QED) is 0.517. The molecule has 0 atom stereocenters. The van der Waals surface area contributed by atoms with Gasteiger partial charge < -0.3 is 0 Å². The van der Waals surface area contributed by atoms with Crippen molar-refractivity contribution in [3.63, 3.8) is 0 Å². The van der Waals surface area contributed by atoms with Gasteiger partial charge in [0.2, 0.25) is 11.0 Å². The summed E-state index contributed by atoms with van der Waals surface area (Å²) in [5.41, 5.74) is 0.709. The van der Waals surface area contributed by atoms with Crippen molar-refractivity contribution >= 4 is 22.4 Å². The van der Waals surface area contributed by atoms with Crippen molar-refractivity contribution in [2.24, 2.45) is 0 Å². The van der Waals surface area contributed by atoms with Gasteiger partial charge in [0.1, 0.15) is 11.6 Å². The molecule has 2 heterocycles. The van der Waals surface area contributed by atoms with Crippen molar-refractivity contribution in [1.29, 1.82) is 0 Å². The molecule has 0 bridgehead atoms. The van der Waals surface area contributed by atoms with E-state index in [0.29, 0.717) is 16.7 Å². The van der Waals surface area contributed by atoms with Gasteiger partial charge >= 0.3 is 5.69 Å². The fourth-order valence-corrected chi connectivity index (χ4v) is 3.64. The van der Waals surface area contributed by atoms with Gasteiger partial charge in [0.25, 0.3) is 5.56 Å². The molecule has 30 heavy (non-hydrogen) atoms. The van der Waals surface area contributed by atoms with Crippen molar-refractivity contribution in [2.75, 3.05) is 5.32 Å². The minimum absolute atomic E-state index is 0.299. The van der Waals surface area contributed by atoms with E-state index in [-0.39, 0.29) is 0 Å². The van der Waals surface area contributed by atoms with E-state index in [9.17, 15) is 14.4 Å². The van der Waals surface area contributed by atoms with Crippen molar-refractivity contribution < 1.29 is 4.79 Å². The fourth-order valence-electron chi connectivity index (χ4n) is 2.88. The van der Waals surface area contributed by atoms with Gasteiger partial charge in [-0.15, -0.1) is 10.2 Å². The molecule has 0 aliphatic carbocycles. The number of hydrogen-bond donors (Lipinski definition) is 1. The van der Waals surface area contributed by atoms with Gasteiger partial charge in [-0.2, -0.15) is 0 Å². The Bertz CT molecular complexity index is 1280. The smallest absolute Gasteiger partial charge is 0.299 e. The Morgan fingerprint density at radius 3 is 2.37 bits per heavy atom. The molecule has 0 saturated heterocycles. The largest absolute Gasteiger partial charge is 0.331 e. The van der Waals surface area contributed by atoms with E-state index in [4.69, 9.17) is 0 Å². The standard InChI is InChI=1S/C21H17N5O3S/c27-17(22-20-24-23-19(30-20)16-9-5-2-6-10-16)14-26-18(28)11-12-25(21(26)29)13-15-7-3-1-4-8-15/h1-12H,13-14H2,(H,22,24,27). The minimum atomic E-state index is -0.552. The molecule has 8 nitrogen and oxygen atoms in total. The Balaban J connectivity index is 1.49. The normalized spacial score (nSPS) is 10.7. The maximum Gasteiger partial charge on any atom is 0.331 e. The SMILES string of the molecule is O=C(Cn1c(=O)ccn(Cc2ccccc2)c1=O)Nc1nnc(-c2ccccc2)s1. The van der Waals surface area contributed by atoms with Crippen LogP contribution < -0.4 is 16.6 Å². The summed E-state index contributed by atoms with van der Waals surface area (Å²) in [5, 5.41) is 11.6. The van der Waals surface area contributed by atoms with E-state index in [0.717, 1.165) is 15.7 Å². The Morgan fingerprint density at radius 2 is 1.63 bits per heavy atom. The van der Waals surface area contributed by atoms with Crippen LogP contribution in [0, 0.1) is 0 Å². The van der Waals surface area contributed by atoms with Crippen LogP contribution in [0.3, 0.4) is 0 Å². The summed E-state index contributed by atoms with van der Waals surface area (Å²) in [5.74, 6) is -0.526. The topological polar surface area (TPSA) is 98.9 Å². The zero-order valence-corrected chi connectivity index (χ0v) is 16.6. The molecule has 4 aromatic rings. The third-order valence-electron chi connectivity index (χ3n) is 4.33. The van der Waals surface area contributed by atoms with Crippen LogP contribution >= 0.6 is 11.3 Å². The van der Waals surface area contributed by atoms with E-state index in [1.54, 1.807) is 0 Å². The van der Waals surface area contributed by atoms with Gasteiger partial charge in [-0.25, -0.2) is 4.79 Å². The lowest BCUT2D eigenvalue weighted by molar-refractivity contribution is -0.116. The molecule has 4 rings (SSSR count). The molecule has 1 N–H and O–H groups in total. The van der Waals surface area contributed by atoms with Crippen LogP contribution in [0.1, 0.15) is 5.56 Å². The molecular formula is C21H17N5O3S. The van der Waals surface area contributed by atoms with Gasteiger partial charge in [0.15, 0.2) is 0 Å². The van der Waals surface area contributed by atoms with Crippen LogP contribution in [0.25, 0.3) is 10.6 Å². The molecule has 0 unspecified atom stereocenters. The molecule has 2 aromatic heterocycles. The number of nitrogens with one attached hydrogen (secondary N) is 1. The van der Waals surface area contributed by atoms with Gasteiger partial charge in [0.05, 0.1) is 6.54 Å². The predicted octanol–water partition coefficient (Wildman–Crippen LogP) is 2.22. The summed E-state index contributed by atoms with van der Waals surface area (Å²) in [6.45, 7) is -0.105. The van der Waals surface area contributed by atoms with Crippen LogP contribution in [0.5, 0.6) is 0 Å². The summed E-state index contributed by atoms with van der Waals surface area (Å²) in [6.07, 6.45) is 1.43. The highest BCUT2D eigenvalue weighted by molar-refractivity contribution is 7.18. The van der Waals surface area contributed by atoms with Crippen LogP contribution in [0.4, 0.5) is 5.13 Å². The summed E-state index contributed by atoms with van der Waals surface area (Å²) in [6, 6.07) is 20.1. The molecule has 2 aromatic carbocycles. The van der Waals surface area contributed by atoms with Crippen LogP contribution in [0.15, 0.2) is 82.5 Å². The number of carbonyl (C=O) groups excluding carboxylic acids is 1. The molecule has 150 valence electrons. The number of nitrogens with zero attached hydrogens (tertiary/aromatic N) is 4. The average molecular weight is 419 g/mol. The summed E-state index contributed by atoms with van der Waals surface area (Å²) in [4.78, 5) is 37.3. The number of rotatable bonds is 6. The highest BCUT2D eigenvalue weighted by atomic mass is 32.1. The number of hydrogen-bond acceptors (Lipinski definition) is 6. The zero-order valence-electron chi connectivity index (χ0n) is 15.8. The number of aromatic nitrogens is 4. The van der Waals surface area contributed by atoms with E-state index < -0.39 is 23.7 Å². The molecule has 1 amide bonds. The van der Waals surface area contributed by atoms with E-state index in [1.165, 1.54) is 28.2 Å². The first-order valence-corrected chi connectivity index (χ1v) is 9.95. The molecule has 0 radical (unpaired) electrons. The second-order valence-electron chi connectivity index (χ2n) is 6.46. The number of amides is 1. The Morgan fingerprint density at radius 1 is 0.933 bits per heavy atom. The van der Waals surface area contributed by atoms with Gasteiger partial charge in [-0.3, -0.25) is 24.0 Å². The lowest BCUT2D eigenvalue weighted by Gasteiger charge is -2.09. The first-order chi connectivity index (χ1) is 14.6. The molecule has 0 saturated carbocycles. The minimum Gasteiger partial charge on any atom is -0.299 e. The highest BCUT2D eigenvalue weighted by Crippen LogP contribution is 2.25. The van der Waals surface area contributed by atoms with Crippen molar-refractivity contribution in [3.05, 3.63) is 99.3 Å². The van der Waals surface area contributed by atoms with E-state index in [1.807, 2.05) is 60.7 Å². The van der Waals surface area contributed by atoms with Crippen molar-refractivity contribution in [3.8, 4) is 10.6 Å². The lowest BCUT2D eigenvalue weighted by atomic mass is 10.2. The number of anilines is 1. The van der Waals surface area contributed by atoms with Gasteiger partial charge in [-0.1, -0.05) is 72.0 Å². The highest BCUT2D eigenvalue weighted by Gasteiger charge is 2.13. The third kappa shape index (κ3) is 4.41. The lowest BCUT2D eigenvalue weighted by Crippen LogP contribution is -2.41. The number of carbonyl (C=O) groups is 1. The monoisotopic (exact) mass is 419 g/mol. The van der Waals surface area contributed by atoms with Gasteiger partial charge in [-0.05, 0) is 5.56 Å². The van der Waals surface area contributed by atoms with Crippen LogP contribution in [-0.2, 0) is 17.9 Å². The average Bonchev–Trinajstić information content (AvgIpc) is 3.23. The molecule has 0 spiro atoms. The summed E-state index contributed by atoms with van der Waals surface area (Å²) >= 11 is 1.21. The van der Waals surface area contributed by atoms with E-state index in [2.05, 4.69) is 15.5 Å². The molecule has 0 aliphatic heterocycles. The molecule has 9 heteroatoms. The Labute approximate surface area is 175 Å². The first kappa shape index (κ1) is 19.5. The Kier molecular flexibility index (Phi) is 5.62. The second kappa shape index (κ2) is 8.66. The van der Waals surface area contributed by atoms with E-state index >= 15 is 0 Å². The van der Waals surface area contributed by atoms with Crippen molar-refractivity contribution in [1.82, 2.24) is 19.3 Å². The second-order valence-corrected chi connectivity index (χ2v) is 7.44. The summed E-state index contributed by atoms with van der Waals surface area (Å²) in [7, 11) is 0. The van der Waals surface area contributed by atoms with Crippen LogP contribution in [-0.4, -0.2) is 25.2 Å². The molecule has 0 fully saturated rings. The van der Waals surface area contributed by atoms with Crippen LogP contribution in [0.2, 0.25) is 0 Å². The molecular weight excluding hydrogens is 402 g/mol. The maximum absolute atomic E-state index is 12.7. The fraction of sp³-hybridized carbons (Fsp3) is 0.0952. The molecule has 0 aliphatic rings.